The summed E-state index contributed by atoms with van der Waals surface area (Å²) < 4.78 is 5.59. The van der Waals surface area contributed by atoms with E-state index in [1.54, 1.807) is 12.1 Å². The van der Waals surface area contributed by atoms with Gasteiger partial charge in [-0.1, -0.05) is 30.6 Å². The van der Waals surface area contributed by atoms with E-state index in [2.05, 4.69) is 5.16 Å². The number of hydrogen-bond donors (Lipinski definition) is 2. The highest BCUT2D eigenvalue weighted by molar-refractivity contribution is 6.30. The molecule has 0 aliphatic carbocycles. The van der Waals surface area contributed by atoms with Gasteiger partial charge in [0.2, 0.25) is 0 Å². The van der Waals surface area contributed by atoms with Crippen LogP contribution in [0.4, 0.5) is 0 Å². The molecule has 0 aromatic heterocycles. The highest BCUT2D eigenvalue weighted by atomic mass is 35.5. The van der Waals surface area contributed by atoms with E-state index in [0.29, 0.717) is 11.6 Å². The third-order valence-electron chi connectivity index (χ3n) is 3.08. The van der Waals surface area contributed by atoms with Crippen molar-refractivity contribution in [2.45, 2.75) is 33.1 Å². The minimum atomic E-state index is -0.283. The number of benzene rings is 1. The minimum absolute atomic E-state index is 0.270. The van der Waals surface area contributed by atoms with E-state index in [4.69, 9.17) is 27.3 Å². The first-order valence-electron chi connectivity index (χ1n) is 6.32. The largest absolute Gasteiger partial charge is 0.494 e. The van der Waals surface area contributed by atoms with E-state index < -0.39 is 0 Å². The van der Waals surface area contributed by atoms with E-state index in [1.165, 1.54) is 0 Å². The lowest BCUT2D eigenvalue weighted by Gasteiger charge is -2.22. The summed E-state index contributed by atoms with van der Waals surface area (Å²) in [7, 11) is 0. The van der Waals surface area contributed by atoms with E-state index in [0.717, 1.165) is 25.0 Å². The summed E-state index contributed by atoms with van der Waals surface area (Å²) in [5.74, 6) is 1.09. The van der Waals surface area contributed by atoms with Crippen LogP contribution < -0.4 is 10.5 Å². The fraction of sp³-hybridized carbons (Fsp3) is 0.500. The first kappa shape index (κ1) is 15.6. The number of ether oxygens (including phenoxy) is 1. The first-order chi connectivity index (χ1) is 8.95. The van der Waals surface area contributed by atoms with Crippen LogP contribution >= 0.6 is 11.6 Å². The number of halogens is 1. The van der Waals surface area contributed by atoms with Gasteiger partial charge < -0.3 is 15.7 Å². The molecule has 1 aromatic carbocycles. The van der Waals surface area contributed by atoms with Gasteiger partial charge in [-0.3, -0.25) is 0 Å². The van der Waals surface area contributed by atoms with Gasteiger partial charge in [-0.2, -0.15) is 0 Å². The van der Waals surface area contributed by atoms with Gasteiger partial charge in [-0.05, 0) is 43.5 Å². The quantitative estimate of drug-likeness (QED) is 0.264. The fourth-order valence-corrected chi connectivity index (χ4v) is 1.78. The fourth-order valence-electron chi connectivity index (χ4n) is 1.65. The molecule has 0 saturated heterocycles. The second-order valence-corrected chi connectivity index (χ2v) is 5.57. The Kier molecular flexibility index (Phi) is 5.96. The van der Waals surface area contributed by atoms with Crippen LogP contribution in [-0.4, -0.2) is 17.6 Å². The number of amidine groups is 1. The molecular formula is C14H21ClN2O2. The van der Waals surface area contributed by atoms with E-state index in [1.807, 2.05) is 26.0 Å². The standard InChI is InChI=1S/C14H21ClN2O2/c1-14(2,13(16)17-18)9-3-4-10-19-12-7-5-11(15)6-8-12/h5-8,18H,3-4,9-10H2,1-2H3,(H2,16,17). The maximum atomic E-state index is 8.67. The van der Waals surface area contributed by atoms with Crippen molar-refractivity contribution in [3.05, 3.63) is 29.3 Å². The smallest absolute Gasteiger partial charge is 0.144 e. The van der Waals surface area contributed by atoms with Crippen molar-refractivity contribution in [3.63, 3.8) is 0 Å². The molecule has 0 bridgehead atoms. The molecule has 0 aliphatic heterocycles. The van der Waals surface area contributed by atoms with Gasteiger partial charge in [0.1, 0.15) is 11.6 Å². The summed E-state index contributed by atoms with van der Waals surface area (Å²) in [6.07, 6.45) is 2.73. The van der Waals surface area contributed by atoms with Gasteiger partial charge >= 0.3 is 0 Å². The van der Waals surface area contributed by atoms with Crippen molar-refractivity contribution < 1.29 is 9.94 Å². The molecule has 0 aliphatic rings. The molecule has 1 rings (SSSR count). The SMILES string of the molecule is CC(C)(CCCCOc1ccc(Cl)cc1)/C(N)=N/O. The van der Waals surface area contributed by atoms with E-state index in [-0.39, 0.29) is 11.3 Å². The molecule has 4 nitrogen and oxygen atoms in total. The molecule has 0 saturated carbocycles. The normalized spacial score (nSPS) is 12.5. The van der Waals surface area contributed by atoms with Gasteiger partial charge in [-0.15, -0.1) is 0 Å². The Hall–Kier alpha value is -1.42. The van der Waals surface area contributed by atoms with Crippen molar-refractivity contribution >= 4 is 17.4 Å². The molecular weight excluding hydrogens is 264 g/mol. The summed E-state index contributed by atoms with van der Waals surface area (Å²) in [5.41, 5.74) is 5.34. The van der Waals surface area contributed by atoms with Gasteiger partial charge in [0, 0.05) is 10.4 Å². The van der Waals surface area contributed by atoms with Gasteiger partial charge in [0.05, 0.1) is 6.61 Å². The minimum Gasteiger partial charge on any atom is -0.494 e. The second kappa shape index (κ2) is 7.24. The highest BCUT2D eigenvalue weighted by Crippen LogP contribution is 2.23. The predicted octanol–water partition coefficient (Wildman–Crippen LogP) is 3.66. The average Bonchev–Trinajstić information content (AvgIpc) is 2.39. The third-order valence-corrected chi connectivity index (χ3v) is 3.33. The zero-order chi connectivity index (χ0) is 14.3. The zero-order valence-corrected chi connectivity index (χ0v) is 12.2. The Morgan fingerprint density at radius 1 is 1.32 bits per heavy atom. The van der Waals surface area contributed by atoms with Crippen LogP contribution in [-0.2, 0) is 0 Å². The Balaban J connectivity index is 2.23. The molecule has 3 N–H and O–H groups in total. The average molecular weight is 285 g/mol. The topological polar surface area (TPSA) is 67.8 Å². The summed E-state index contributed by atoms with van der Waals surface area (Å²) in [4.78, 5) is 0. The monoisotopic (exact) mass is 284 g/mol. The zero-order valence-electron chi connectivity index (χ0n) is 11.4. The van der Waals surface area contributed by atoms with Crippen LogP contribution in [0.25, 0.3) is 0 Å². The molecule has 106 valence electrons. The van der Waals surface area contributed by atoms with Crippen LogP contribution in [0.3, 0.4) is 0 Å². The summed E-state index contributed by atoms with van der Waals surface area (Å²) in [6, 6.07) is 7.31. The number of nitrogens with zero attached hydrogens (tertiary/aromatic N) is 1. The predicted molar refractivity (Wildman–Crippen MR) is 78.0 cm³/mol. The van der Waals surface area contributed by atoms with Crippen LogP contribution in [0.1, 0.15) is 33.1 Å². The molecule has 0 fully saturated rings. The number of nitrogens with two attached hydrogens (primary N) is 1. The molecule has 1 aromatic rings. The lowest BCUT2D eigenvalue weighted by molar-refractivity contribution is 0.288. The Morgan fingerprint density at radius 3 is 2.53 bits per heavy atom. The summed E-state index contributed by atoms with van der Waals surface area (Å²) in [5, 5.41) is 12.4. The maximum absolute atomic E-state index is 8.67. The van der Waals surface area contributed by atoms with Crippen molar-refractivity contribution in [1.29, 1.82) is 0 Å². The van der Waals surface area contributed by atoms with Crippen LogP contribution in [0.15, 0.2) is 29.4 Å². The van der Waals surface area contributed by atoms with Crippen molar-refractivity contribution in [3.8, 4) is 5.75 Å². The maximum Gasteiger partial charge on any atom is 0.144 e. The molecule has 19 heavy (non-hydrogen) atoms. The van der Waals surface area contributed by atoms with Crippen molar-refractivity contribution in [2.24, 2.45) is 16.3 Å². The van der Waals surface area contributed by atoms with Gasteiger partial charge in [0.15, 0.2) is 0 Å². The van der Waals surface area contributed by atoms with Crippen molar-refractivity contribution in [2.75, 3.05) is 6.61 Å². The van der Waals surface area contributed by atoms with Gasteiger partial charge in [-0.25, -0.2) is 0 Å². The number of rotatable bonds is 7. The van der Waals surface area contributed by atoms with Crippen LogP contribution in [0.2, 0.25) is 5.02 Å². The lowest BCUT2D eigenvalue weighted by atomic mass is 9.86. The molecule has 0 unspecified atom stereocenters. The molecule has 0 heterocycles. The van der Waals surface area contributed by atoms with Crippen LogP contribution in [0.5, 0.6) is 5.75 Å². The number of hydrogen-bond acceptors (Lipinski definition) is 3. The molecule has 0 spiro atoms. The number of oxime groups is 1. The van der Waals surface area contributed by atoms with Gasteiger partial charge in [0.25, 0.3) is 0 Å². The first-order valence-corrected chi connectivity index (χ1v) is 6.70. The Bertz CT molecular complexity index is 416. The Morgan fingerprint density at radius 2 is 1.95 bits per heavy atom. The Labute approximate surface area is 119 Å². The molecule has 5 heteroatoms. The lowest BCUT2D eigenvalue weighted by Crippen LogP contribution is -2.31. The van der Waals surface area contributed by atoms with Crippen LogP contribution in [0, 0.1) is 5.41 Å². The van der Waals surface area contributed by atoms with E-state index in [9.17, 15) is 0 Å². The molecule has 0 radical (unpaired) electrons. The van der Waals surface area contributed by atoms with Crippen molar-refractivity contribution in [1.82, 2.24) is 0 Å². The molecule has 0 atom stereocenters. The number of unbranched alkanes of at least 4 members (excludes halogenated alkanes) is 1. The second-order valence-electron chi connectivity index (χ2n) is 5.13. The summed E-state index contributed by atoms with van der Waals surface area (Å²) in [6.45, 7) is 4.57. The molecule has 0 amide bonds. The van der Waals surface area contributed by atoms with E-state index >= 15 is 0 Å². The third kappa shape index (κ3) is 5.39. The summed E-state index contributed by atoms with van der Waals surface area (Å²) >= 11 is 5.79. The highest BCUT2D eigenvalue weighted by Gasteiger charge is 2.22.